The first-order valence-electron chi connectivity index (χ1n) is 13.9. The Balaban J connectivity index is 1.12. The maximum atomic E-state index is 13.6. The van der Waals surface area contributed by atoms with E-state index in [4.69, 9.17) is 4.52 Å². The number of aromatic nitrogens is 2. The SMILES string of the molecule is Cc1noc(-c2cccc(N(CC34CCC(c5ccc(C6CC6)cc5)(CC3)CC4)C(=O)C3CC3)c2)n1. The maximum Gasteiger partial charge on any atom is 0.257 e. The Kier molecular flexibility index (Phi) is 5.13. The van der Waals surface area contributed by atoms with Gasteiger partial charge in [-0.05, 0) is 117 Å². The van der Waals surface area contributed by atoms with Crippen LogP contribution in [0.4, 0.5) is 5.69 Å². The van der Waals surface area contributed by atoms with E-state index in [0.29, 0.717) is 23.0 Å². The van der Waals surface area contributed by atoms with Crippen LogP contribution in [-0.2, 0) is 10.2 Å². The molecule has 8 rings (SSSR count). The summed E-state index contributed by atoms with van der Waals surface area (Å²) in [6.45, 7) is 2.65. The fourth-order valence-electron chi connectivity index (χ4n) is 6.86. The molecule has 0 radical (unpaired) electrons. The van der Waals surface area contributed by atoms with Crippen molar-refractivity contribution in [3.05, 3.63) is 65.5 Å². The van der Waals surface area contributed by atoms with Crippen molar-refractivity contribution in [3.63, 3.8) is 0 Å². The minimum atomic E-state index is 0.187. The zero-order valence-electron chi connectivity index (χ0n) is 21.2. The highest BCUT2D eigenvalue weighted by molar-refractivity contribution is 5.97. The summed E-state index contributed by atoms with van der Waals surface area (Å²) in [5, 5.41) is 3.95. The third-order valence-corrected chi connectivity index (χ3v) is 9.59. The van der Waals surface area contributed by atoms with Gasteiger partial charge < -0.3 is 9.42 Å². The molecule has 36 heavy (non-hydrogen) atoms. The van der Waals surface area contributed by atoms with Crippen LogP contribution in [0.2, 0.25) is 0 Å². The largest absolute Gasteiger partial charge is 0.334 e. The Hall–Kier alpha value is -2.95. The molecule has 2 aromatic carbocycles. The molecule has 5 aliphatic rings. The van der Waals surface area contributed by atoms with Gasteiger partial charge in [0.1, 0.15) is 0 Å². The molecule has 0 spiro atoms. The van der Waals surface area contributed by atoms with E-state index in [0.717, 1.165) is 36.6 Å². The lowest BCUT2D eigenvalue weighted by Crippen LogP contribution is -2.51. The van der Waals surface area contributed by atoms with Gasteiger partial charge in [-0.1, -0.05) is 35.5 Å². The predicted molar refractivity (Wildman–Crippen MR) is 140 cm³/mol. The number of anilines is 1. The van der Waals surface area contributed by atoms with Crippen molar-refractivity contribution in [1.29, 1.82) is 0 Å². The number of hydrogen-bond acceptors (Lipinski definition) is 4. The molecule has 2 bridgehead atoms. The van der Waals surface area contributed by atoms with E-state index in [1.165, 1.54) is 56.9 Å². The number of aryl methyl sites for hydroxylation is 1. The molecule has 1 heterocycles. The van der Waals surface area contributed by atoms with E-state index in [1.54, 1.807) is 5.56 Å². The number of nitrogens with zero attached hydrogens (tertiary/aromatic N) is 3. The van der Waals surface area contributed by atoms with Gasteiger partial charge >= 0.3 is 0 Å². The summed E-state index contributed by atoms with van der Waals surface area (Å²) < 4.78 is 5.42. The second-order valence-corrected chi connectivity index (χ2v) is 12.1. The van der Waals surface area contributed by atoms with Crippen LogP contribution in [0.15, 0.2) is 53.1 Å². The van der Waals surface area contributed by atoms with Gasteiger partial charge in [0.15, 0.2) is 5.82 Å². The van der Waals surface area contributed by atoms with Gasteiger partial charge in [-0.2, -0.15) is 4.98 Å². The first kappa shape index (κ1) is 22.3. The first-order valence-corrected chi connectivity index (χ1v) is 13.9. The summed E-state index contributed by atoms with van der Waals surface area (Å²) in [6, 6.07) is 17.8. The van der Waals surface area contributed by atoms with Crippen LogP contribution in [0.5, 0.6) is 0 Å². The van der Waals surface area contributed by atoms with Crippen molar-refractivity contribution in [3.8, 4) is 11.5 Å². The third kappa shape index (κ3) is 3.97. The van der Waals surface area contributed by atoms with E-state index in [2.05, 4.69) is 51.4 Å². The average molecular weight is 482 g/mol. The first-order chi connectivity index (χ1) is 17.5. The molecule has 5 nitrogen and oxygen atoms in total. The lowest BCUT2D eigenvalue weighted by molar-refractivity contribution is -0.120. The zero-order chi connectivity index (χ0) is 24.3. The van der Waals surface area contributed by atoms with E-state index in [-0.39, 0.29) is 11.3 Å². The predicted octanol–water partition coefficient (Wildman–Crippen LogP) is 6.96. The summed E-state index contributed by atoms with van der Waals surface area (Å²) in [4.78, 5) is 20.1. The van der Waals surface area contributed by atoms with Crippen molar-refractivity contribution in [1.82, 2.24) is 10.1 Å². The van der Waals surface area contributed by atoms with Crippen molar-refractivity contribution < 1.29 is 9.32 Å². The Morgan fingerprint density at radius 2 is 1.69 bits per heavy atom. The molecule has 5 heteroatoms. The Bertz CT molecular complexity index is 1260. The van der Waals surface area contributed by atoms with Gasteiger partial charge in [0.05, 0.1) is 0 Å². The summed E-state index contributed by atoms with van der Waals surface area (Å²) in [6.07, 6.45) is 12.1. The topological polar surface area (TPSA) is 59.2 Å². The van der Waals surface area contributed by atoms with Gasteiger partial charge in [0, 0.05) is 23.7 Å². The zero-order valence-corrected chi connectivity index (χ0v) is 21.2. The maximum absolute atomic E-state index is 13.6. The van der Waals surface area contributed by atoms with Gasteiger partial charge in [-0.15, -0.1) is 0 Å². The highest BCUT2D eigenvalue weighted by Crippen LogP contribution is 2.58. The molecule has 0 saturated heterocycles. The van der Waals surface area contributed by atoms with Crippen molar-refractivity contribution in [2.45, 2.75) is 82.5 Å². The van der Waals surface area contributed by atoms with Crippen molar-refractivity contribution in [2.24, 2.45) is 11.3 Å². The normalized spacial score (nSPS) is 27.2. The molecule has 0 N–H and O–H groups in total. The molecule has 5 saturated carbocycles. The highest BCUT2D eigenvalue weighted by Gasteiger charge is 2.51. The van der Waals surface area contributed by atoms with Gasteiger partial charge in [-0.3, -0.25) is 4.79 Å². The summed E-state index contributed by atoms with van der Waals surface area (Å²) in [7, 11) is 0. The molecule has 0 atom stereocenters. The highest BCUT2D eigenvalue weighted by atomic mass is 16.5. The molecule has 3 aromatic rings. The quantitative estimate of drug-likeness (QED) is 0.366. The fraction of sp³-hybridized carbons (Fsp3) is 0.516. The number of amides is 1. The second kappa shape index (κ2) is 8.29. The number of rotatable bonds is 7. The van der Waals surface area contributed by atoms with Crippen molar-refractivity contribution in [2.75, 3.05) is 11.4 Å². The Morgan fingerprint density at radius 3 is 2.31 bits per heavy atom. The second-order valence-electron chi connectivity index (χ2n) is 12.1. The molecule has 5 fully saturated rings. The van der Waals surface area contributed by atoms with Crippen LogP contribution in [-0.4, -0.2) is 22.6 Å². The smallest absolute Gasteiger partial charge is 0.257 e. The van der Waals surface area contributed by atoms with Crippen LogP contribution in [0.25, 0.3) is 11.5 Å². The fourth-order valence-corrected chi connectivity index (χ4v) is 6.86. The number of fused-ring (bicyclic) bond motifs is 3. The van der Waals surface area contributed by atoms with Gasteiger partial charge in [0.2, 0.25) is 5.91 Å². The monoisotopic (exact) mass is 481 g/mol. The van der Waals surface area contributed by atoms with Crippen LogP contribution >= 0.6 is 0 Å². The molecule has 5 aliphatic carbocycles. The molecule has 1 aromatic heterocycles. The van der Waals surface area contributed by atoms with E-state index in [9.17, 15) is 4.79 Å². The number of benzene rings is 2. The van der Waals surface area contributed by atoms with Crippen molar-refractivity contribution >= 4 is 11.6 Å². The summed E-state index contributed by atoms with van der Waals surface area (Å²) >= 11 is 0. The van der Waals surface area contributed by atoms with Crippen LogP contribution in [0.3, 0.4) is 0 Å². The summed E-state index contributed by atoms with van der Waals surface area (Å²) in [5.41, 5.74) is 5.48. The molecule has 186 valence electrons. The molecule has 1 amide bonds. The lowest BCUT2D eigenvalue weighted by Gasteiger charge is -2.55. The molecular formula is C31H35N3O2. The van der Waals surface area contributed by atoms with Crippen LogP contribution in [0.1, 0.15) is 87.1 Å². The number of hydrogen-bond donors (Lipinski definition) is 0. The molecule has 0 aliphatic heterocycles. The lowest BCUT2D eigenvalue weighted by atomic mass is 9.51. The number of carbonyl (C=O) groups excluding carboxylic acids is 1. The van der Waals surface area contributed by atoms with Crippen LogP contribution in [0, 0.1) is 18.3 Å². The minimum absolute atomic E-state index is 0.187. The van der Waals surface area contributed by atoms with E-state index in [1.807, 2.05) is 19.1 Å². The summed E-state index contributed by atoms with van der Waals surface area (Å²) in [5.74, 6) is 2.43. The van der Waals surface area contributed by atoms with E-state index >= 15 is 0 Å². The standard InChI is InChI=1S/C31H35N3O2/c1-21-32-28(36-33-21)25-3-2-4-27(19-25)34(29(35)24-7-8-24)20-30-13-16-31(17-14-30,18-15-30)26-11-9-23(10-12-26)22-5-6-22/h2-4,9-12,19,22,24H,5-8,13-18,20H2,1H3. The number of carbonyl (C=O) groups is 1. The molecular weight excluding hydrogens is 446 g/mol. The van der Waals surface area contributed by atoms with Gasteiger partial charge in [-0.25, -0.2) is 0 Å². The minimum Gasteiger partial charge on any atom is -0.334 e. The Labute approximate surface area is 213 Å². The Morgan fingerprint density at radius 1 is 0.972 bits per heavy atom. The average Bonchev–Trinajstić information content (AvgIpc) is 3.86. The third-order valence-electron chi connectivity index (χ3n) is 9.59. The van der Waals surface area contributed by atoms with E-state index < -0.39 is 0 Å². The van der Waals surface area contributed by atoms with Gasteiger partial charge in [0.25, 0.3) is 5.89 Å². The molecule has 0 unspecified atom stereocenters. The van der Waals surface area contributed by atoms with Crippen LogP contribution < -0.4 is 4.90 Å².